The predicted molar refractivity (Wildman–Crippen MR) is 107 cm³/mol. The molecular weight excluding hydrogens is 405 g/mol. The fourth-order valence-corrected chi connectivity index (χ4v) is 3.17. The maximum absolute atomic E-state index is 12.8. The summed E-state index contributed by atoms with van der Waals surface area (Å²) in [5, 5.41) is 14.9. The van der Waals surface area contributed by atoms with Crippen molar-refractivity contribution in [2.45, 2.75) is 6.54 Å². The molecule has 10 heteroatoms. The Kier molecular flexibility index (Phi) is 5.26. The molecule has 0 amide bonds. The molecule has 144 valence electrons. The lowest BCUT2D eigenvalue weighted by Gasteiger charge is -2.11. The molecule has 0 bridgehead atoms. The minimum atomic E-state index is -0.677. The van der Waals surface area contributed by atoms with E-state index >= 15 is 0 Å². The fraction of sp³-hybridized carbons (Fsp3) is 0.111. The Morgan fingerprint density at radius 2 is 2.00 bits per heavy atom. The molecule has 0 saturated carbocycles. The van der Waals surface area contributed by atoms with Crippen LogP contribution in [0.5, 0.6) is 5.75 Å². The molecule has 0 spiro atoms. The van der Waals surface area contributed by atoms with E-state index in [1.54, 1.807) is 37.6 Å². The third-order valence-corrected chi connectivity index (χ3v) is 4.51. The molecule has 3 heterocycles. The van der Waals surface area contributed by atoms with E-state index < -0.39 is 16.7 Å². The summed E-state index contributed by atoms with van der Waals surface area (Å²) in [7, 11) is 1.64. The van der Waals surface area contributed by atoms with Gasteiger partial charge in [0, 0.05) is 30.7 Å². The van der Waals surface area contributed by atoms with Crippen LogP contribution in [0.4, 0.5) is 0 Å². The van der Waals surface area contributed by atoms with E-state index in [4.69, 9.17) is 11.6 Å². The Hall–Kier alpha value is -3.10. The van der Waals surface area contributed by atoms with Gasteiger partial charge in [-0.25, -0.2) is 9.67 Å². The normalized spacial score (nSPS) is 10.8. The summed E-state index contributed by atoms with van der Waals surface area (Å²) >= 11 is 5.99. The number of rotatable bonds is 3. The molecule has 0 fully saturated rings. The van der Waals surface area contributed by atoms with Crippen LogP contribution < -0.4 is 11.0 Å². The number of aromatic hydroxyl groups is 1. The van der Waals surface area contributed by atoms with Gasteiger partial charge in [-0.3, -0.25) is 9.59 Å². The van der Waals surface area contributed by atoms with Crippen LogP contribution in [0, 0.1) is 0 Å². The largest absolute Gasteiger partial charge is 0.503 e. The molecule has 0 aliphatic rings. The van der Waals surface area contributed by atoms with Crippen LogP contribution in [0.15, 0.2) is 58.8 Å². The molecule has 3 aromatic heterocycles. The summed E-state index contributed by atoms with van der Waals surface area (Å²) in [6.45, 7) is 0.258. The number of benzene rings is 1. The Balaban J connectivity index is 0.00000225. The number of pyridine rings is 1. The molecule has 4 rings (SSSR count). The van der Waals surface area contributed by atoms with Gasteiger partial charge in [-0.2, -0.15) is 5.10 Å². The summed E-state index contributed by atoms with van der Waals surface area (Å²) < 4.78 is 4.24. The molecule has 1 N–H and O–H groups in total. The second kappa shape index (κ2) is 7.49. The van der Waals surface area contributed by atoms with Crippen LogP contribution in [0.25, 0.3) is 16.9 Å². The molecule has 0 unspecified atom stereocenters. The molecule has 1 aromatic carbocycles. The van der Waals surface area contributed by atoms with E-state index in [-0.39, 0.29) is 30.0 Å². The third-order valence-electron chi connectivity index (χ3n) is 4.28. The Labute approximate surface area is 169 Å². The molecule has 0 radical (unpaired) electrons. The van der Waals surface area contributed by atoms with E-state index in [0.29, 0.717) is 10.8 Å². The standard InChI is InChI=1S/C18H14ClN5O3.ClH/c1-22-17(20-10-21-22)13-9-23-5-6-24(8-11-3-2-4-12(19)7-11)18(27)14(23)16(26)15(13)25;/h2-7,9-10,26H,8H2,1H3;1H. The maximum Gasteiger partial charge on any atom is 0.279 e. The van der Waals surface area contributed by atoms with Gasteiger partial charge in [0.05, 0.1) is 12.1 Å². The highest BCUT2D eigenvalue weighted by Crippen LogP contribution is 2.18. The highest BCUT2D eigenvalue weighted by molar-refractivity contribution is 6.30. The predicted octanol–water partition coefficient (Wildman–Crippen LogP) is 2.09. The van der Waals surface area contributed by atoms with Crippen molar-refractivity contribution in [3.05, 3.63) is 80.3 Å². The highest BCUT2D eigenvalue weighted by atomic mass is 35.5. The first-order chi connectivity index (χ1) is 13.0. The molecular formula is C18H15Cl2N5O3. The number of halogens is 2. The van der Waals surface area contributed by atoms with Crippen LogP contribution in [0.3, 0.4) is 0 Å². The van der Waals surface area contributed by atoms with Gasteiger partial charge in [0.15, 0.2) is 17.1 Å². The van der Waals surface area contributed by atoms with Crippen LogP contribution in [-0.4, -0.2) is 28.8 Å². The minimum Gasteiger partial charge on any atom is -0.503 e. The van der Waals surface area contributed by atoms with E-state index in [0.717, 1.165) is 5.56 Å². The number of aromatic nitrogens is 5. The first-order valence-electron chi connectivity index (χ1n) is 8.02. The van der Waals surface area contributed by atoms with Gasteiger partial charge in [0.1, 0.15) is 6.33 Å². The van der Waals surface area contributed by atoms with Gasteiger partial charge in [-0.05, 0) is 17.7 Å². The number of hydrogen-bond acceptors (Lipinski definition) is 5. The van der Waals surface area contributed by atoms with Gasteiger partial charge >= 0.3 is 0 Å². The molecule has 0 saturated heterocycles. The summed E-state index contributed by atoms with van der Waals surface area (Å²) in [5.41, 5.74) is -0.292. The van der Waals surface area contributed by atoms with Crippen molar-refractivity contribution in [1.29, 1.82) is 0 Å². The number of aryl methyl sites for hydroxylation is 1. The summed E-state index contributed by atoms with van der Waals surface area (Å²) in [6.07, 6.45) is 5.96. The fourth-order valence-electron chi connectivity index (χ4n) is 2.96. The van der Waals surface area contributed by atoms with E-state index in [2.05, 4.69) is 10.1 Å². The van der Waals surface area contributed by atoms with Crippen molar-refractivity contribution >= 4 is 29.5 Å². The molecule has 0 atom stereocenters. The zero-order valence-corrected chi connectivity index (χ0v) is 16.2. The van der Waals surface area contributed by atoms with E-state index in [1.807, 2.05) is 6.07 Å². The Morgan fingerprint density at radius 3 is 2.68 bits per heavy atom. The molecule has 0 aliphatic carbocycles. The van der Waals surface area contributed by atoms with Crippen molar-refractivity contribution < 1.29 is 5.11 Å². The van der Waals surface area contributed by atoms with Crippen LogP contribution >= 0.6 is 24.0 Å². The first kappa shape index (κ1) is 19.7. The van der Waals surface area contributed by atoms with Gasteiger partial charge in [-0.15, -0.1) is 12.4 Å². The number of hydrogen-bond donors (Lipinski definition) is 1. The molecule has 28 heavy (non-hydrogen) atoms. The lowest BCUT2D eigenvalue weighted by Crippen LogP contribution is -2.25. The Morgan fingerprint density at radius 1 is 1.21 bits per heavy atom. The molecule has 4 aromatic rings. The minimum absolute atomic E-state index is 0. The summed E-state index contributed by atoms with van der Waals surface area (Å²) in [4.78, 5) is 29.5. The van der Waals surface area contributed by atoms with Gasteiger partial charge in [-0.1, -0.05) is 23.7 Å². The first-order valence-corrected chi connectivity index (χ1v) is 8.39. The second-order valence-electron chi connectivity index (χ2n) is 6.04. The zero-order chi connectivity index (χ0) is 19.1. The smallest absolute Gasteiger partial charge is 0.279 e. The quantitative estimate of drug-likeness (QED) is 0.548. The van der Waals surface area contributed by atoms with Gasteiger partial charge in [0.25, 0.3) is 5.56 Å². The highest BCUT2D eigenvalue weighted by Gasteiger charge is 2.18. The van der Waals surface area contributed by atoms with Crippen LogP contribution in [-0.2, 0) is 13.6 Å². The molecule has 8 nitrogen and oxygen atoms in total. The SMILES string of the molecule is Cl.Cn1ncnc1-c1cn2ccn(Cc3cccc(Cl)c3)c(=O)c2c(O)c1=O. The number of fused-ring (bicyclic) bond motifs is 1. The topological polar surface area (TPSA) is 94.4 Å². The summed E-state index contributed by atoms with van der Waals surface area (Å²) in [6, 6.07) is 7.12. The van der Waals surface area contributed by atoms with Crippen LogP contribution in [0.2, 0.25) is 5.02 Å². The monoisotopic (exact) mass is 419 g/mol. The number of nitrogens with zero attached hydrogens (tertiary/aromatic N) is 5. The van der Waals surface area contributed by atoms with Gasteiger partial charge in [0.2, 0.25) is 5.43 Å². The Bertz CT molecular complexity index is 1290. The average molecular weight is 420 g/mol. The lowest BCUT2D eigenvalue weighted by atomic mass is 10.2. The maximum atomic E-state index is 12.8. The van der Waals surface area contributed by atoms with Crippen molar-refractivity contribution in [2.75, 3.05) is 0 Å². The lowest BCUT2D eigenvalue weighted by molar-refractivity contribution is 0.472. The van der Waals surface area contributed by atoms with Crippen LogP contribution in [0.1, 0.15) is 5.56 Å². The second-order valence-corrected chi connectivity index (χ2v) is 6.48. The zero-order valence-electron chi connectivity index (χ0n) is 14.6. The van der Waals surface area contributed by atoms with Crippen molar-refractivity contribution in [1.82, 2.24) is 23.7 Å². The molecule has 0 aliphatic heterocycles. The van der Waals surface area contributed by atoms with Crippen molar-refractivity contribution in [3.8, 4) is 17.1 Å². The van der Waals surface area contributed by atoms with Crippen molar-refractivity contribution in [2.24, 2.45) is 7.05 Å². The summed E-state index contributed by atoms with van der Waals surface area (Å²) in [5.74, 6) is -0.325. The van der Waals surface area contributed by atoms with Gasteiger partial charge < -0.3 is 14.1 Å². The third kappa shape index (κ3) is 3.28. The van der Waals surface area contributed by atoms with E-state index in [1.165, 1.54) is 26.2 Å². The van der Waals surface area contributed by atoms with E-state index in [9.17, 15) is 14.7 Å². The van der Waals surface area contributed by atoms with Crippen molar-refractivity contribution in [3.63, 3.8) is 0 Å². The average Bonchev–Trinajstić information content (AvgIpc) is 3.06.